The van der Waals surface area contributed by atoms with Crippen LogP contribution in [0, 0.1) is 6.92 Å². The van der Waals surface area contributed by atoms with Gasteiger partial charge in [-0.25, -0.2) is 0 Å². The fourth-order valence-electron chi connectivity index (χ4n) is 2.34. The predicted octanol–water partition coefficient (Wildman–Crippen LogP) is 2.16. The Morgan fingerprint density at radius 2 is 2.37 bits per heavy atom. The summed E-state index contributed by atoms with van der Waals surface area (Å²) in [6.07, 6.45) is 3.82. The quantitative estimate of drug-likeness (QED) is 0.844. The van der Waals surface area contributed by atoms with Crippen LogP contribution in [0.3, 0.4) is 0 Å². The Bertz CT molecular complexity index is 555. The van der Waals surface area contributed by atoms with E-state index in [0.717, 1.165) is 43.1 Å². The normalized spacial score (nSPS) is 19.2. The summed E-state index contributed by atoms with van der Waals surface area (Å²) in [6.45, 7) is 6.53. The fourth-order valence-corrected chi connectivity index (χ4v) is 2.34. The highest BCUT2D eigenvalue weighted by Crippen LogP contribution is 2.26. The lowest BCUT2D eigenvalue weighted by Crippen LogP contribution is -2.01. The van der Waals surface area contributed by atoms with Gasteiger partial charge in [0, 0.05) is 24.8 Å². The summed E-state index contributed by atoms with van der Waals surface area (Å²) in [7, 11) is 0. The molecule has 1 aliphatic heterocycles. The molecule has 0 spiro atoms. The zero-order valence-corrected chi connectivity index (χ0v) is 11.3. The second-order valence-electron chi connectivity index (χ2n) is 4.89. The van der Waals surface area contributed by atoms with Crippen LogP contribution in [-0.2, 0) is 11.3 Å². The number of hydrogen-bond donors (Lipinski definition) is 0. The average molecular weight is 262 g/mol. The third kappa shape index (κ3) is 2.28. The van der Waals surface area contributed by atoms with Crippen LogP contribution in [0.25, 0.3) is 11.5 Å². The van der Waals surface area contributed by atoms with E-state index in [4.69, 9.17) is 9.26 Å². The number of aromatic nitrogens is 4. The highest BCUT2D eigenvalue weighted by molar-refractivity contribution is 5.54. The van der Waals surface area contributed by atoms with Gasteiger partial charge in [-0.1, -0.05) is 12.1 Å². The molecule has 3 rings (SSSR count). The van der Waals surface area contributed by atoms with Gasteiger partial charge >= 0.3 is 0 Å². The fraction of sp³-hybridized carbons (Fsp3) is 0.615. The van der Waals surface area contributed by atoms with E-state index < -0.39 is 0 Å². The van der Waals surface area contributed by atoms with Crippen molar-refractivity contribution in [1.82, 2.24) is 19.9 Å². The first-order valence-electron chi connectivity index (χ1n) is 6.73. The minimum atomic E-state index is 0.267. The van der Waals surface area contributed by atoms with Crippen molar-refractivity contribution in [1.29, 1.82) is 0 Å². The van der Waals surface area contributed by atoms with E-state index in [1.54, 1.807) is 6.20 Å². The molecule has 3 heterocycles. The lowest BCUT2D eigenvalue weighted by Gasteiger charge is -2.01. The van der Waals surface area contributed by atoms with Crippen molar-refractivity contribution in [2.75, 3.05) is 13.2 Å². The Balaban J connectivity index is 1.85. The summed E-state index contributed by atoms with van der Waals surface area (Å²) < 4.78 is 12.7. The highest BCUT2D eigenvalue weighted by Gasteiger charge is 2.24. The second kappa shape index (κ2) is 5.13. The van der Waals surface area contributed by atoms with E-state index in [-0.39, 0.29) is 5.92 Å². The van der Waals surface area contributed by atoms with Crippen LogP contribution >= 0.6 is 0 Å². The van der Waals surface area contributed by atoms with Gasteiger partial charge in [0.2, 0.25) is 0 Å². The molecule has 0 aliphatic carbocycles. The Morgan fingerprint density at radius 1 is 1.47 bits per heavy atom. The molecule has 1 fully saturated rings. The van der Waals surface area contributed by atoms with Crippen molar-refractivity contribution in [3.8, 4) is 11.5 Å². The van der Waals surface area contributed by atoms with Crippen LogP contribution in [0.5, 0.6) is 0 Å². The van der Waals surface area contributed by atoms with Crippen molar-refractivity contribution in [2.45, 2.75) is 39.2 Å². The number of ether oxygens (including phenoxy) is 1. The van der Waals surface area contributed by atoms with Gasteiger partial charge in [-0.05, 0) is 19.8 Å². The molecule has 0 amide bonds. The molecule has 102 valence electrons. The van der Waals surface area contributed by atoms with Crippen molar-refractivity contribution in [2.24, 2.45) is 0 Å². The van der Waals surface area contributed by atoms with Gasteiger partial charge in [0.25, 0.3) is 5.89 Å². The number of aryl methyl sites for hydroxylation is 1. The molecule has 0 unspecified atom stereocenters. The van der Waals surface area contributed by atoms with Crippen LogP contribution in [-0.4, -0.2) is 33.1 Å². The third-order valence-electron chi connectivity index (χ3n) is 3.51. The van der Waals surface area contributed by atoms with E-state index in [9.17, 15) is 0 Å². The molecule has 2 aromatic rings. The maximum Gasteiger partial charge on any atom is 0.261 e. The minimum Gasteiger partial charge on any atom is -0.381 e. The predicted molar refractivity (Wildman–Crippen MR) is 68.7 cm³/mol. The summed E-state index contributed by atoms with van der Waals surface area (Å²) in [5.74, 6) is 1.57. The Hall–Kier alpha value is -1.69. The largest absolute Gasteiger partial charge is 0.381 e. The van der Waals surface area contributed by atoms with Crippen molar-refractivity contribution < 1.29 is 9.26 Å². The zero-order valence-electron chi connectivity index (χ0n) is 11.3. The summed E-state index contributed by atoms with van der Waals surface area (Å²) in [5.41, 5.74) is 1.99. The van der Waals surface area contributed by atoms with Crippen LogP contribution in [0.15, 0.2) is 10.7 Å². The molecular weight excluding hydrogens is 244 g/mol. The molecule has 1 atom stereocenters. The van der Waals surface area contributed by atoms with E-state index in [1.807, 2.05) is 11.6 Å². The first-order valence-corrected chi connectivity index (χ1v) is 6.73. The molecule has 0 N–H and O–H groups in total. The molecule has 6 heteroatoms. The first-order chi connectivity index (χ1) is 9.29. The van der Waals surface area contributed by atoms with E-state index >= 15 is 0 Å². The number of rotatable bonds is 4. The molecule has 1 saturated heterocycles. The van der Waals surface area contributed by atoms with Crippen LogP contribution in [0.2, 0.25) is 0 Å². The maximum absolute atomic E-state index is 5.37. The van der Waals surface area contributed by atoms with Gasteiger partial charge < -0.3 is 9.26 Å². The summed E-state index contributed by atoms with van der Waals surface area (Å²) in [6, 6.07) is 0. The topological polar surface area (TPSA) is 66.0 Å². The minimum absolute atomic E-state index is 0.267. The van der Waals surface area contributed by atoms with Crippen LogP contribution in [0.4, 0.5) is 0 Å². The molecule has 0 aromatic carbocycles. The Labute approximate surface area is 111 Å². The summed E-state index contributed by atoms with van der Waals surface area (Å²) >= 11 is 0. The third-order valence-corrected chi connectivity index (χ3v) is 3.51. The standard InChI is InChI=1S/C13H18N4O2/c1-3-5-17-9(2)11(7-14-17)13-15-12(16-19-13)10-4-6-18-8-10/h7,10H,3-6,8H2,1-2H3/t10-/m1/s1. The van der Waals surface area contributed by atoms with Gasteiger partial charge in [0.1, 0.15) is 0 Å². The molecule has 19 heavy (non-hydrogen) atoms. The van der Waals surface area contributed by atoms with Crippen LogP contribution in [0.1, 0.15) is 37.2 Å². The lowest BCUT2D eigenvalue weighted by molar-refractivity contribution is 0.192. The molecule has 0 saturated carbocycles. The van der Waals surface area contributed by atoms with E-state index in [0.29, 0.717) is 12.5 Å². The number of hydrogen-bond acceptors (Lipinski definition) is 5. The SMILES string of the molecule is CCCn1ncc(-c2nc([C@@H]3CCOC3)no2)c1C. The van der Waals surface area contributed by atoms with Crippen molar-refractivity contribution in [3.63, 3.8) is 0 Å². The van der Waals surface area contributed by atoms with Gasteiger partial charge in [-0.15, -0.1) is 0 Å². The zero-order chi connectivity index (χ0) is 13.2. The highest BCUT2D eigenvalue weighted by atomic mass is 16.5. The van der Waals surface area contributed by atoms with Gasteiger partial charge in [-0.2, -0.15) is 10.1 Å². The van der Waals surface area contributed by atoms with Gasteiger partial charge in [-0.3, -0.25) is 4.68 Å². The molecule has 6 nitrogen and oxygen atoms in total. The van der Waals surface area contributed by atoms with Crippen molar-refractivity contribution >= 4 is 0 Å². The Kier molecular flexibility index (Phi) is 3.33. The smallest absolute Gasteiger partial charge is 0.261 e. The monoisotopic (exact) mass is 262 g/mol. The van der Waals surface area contributed by atoms with E-state index in [2.05, 4.69) is 22.2 Å². The number of nitrogens with zero attached hydrogens (tertiary/aromatic N) is 4. The molecule has 1 aliphatic rings. The van der Waals surface area contributed by atoms with Crippen LogP contribution < -0.4 is 0 Å². The van der Waals surface area contributed by atoms with E-state index in [1.165, 1.54) is 0 Å². The maximum atomic E-state index is 5.37. The summed E-state index contributed by atoms with van der Waals surface area (Å²) in [4.78, 5) is 4.49. The van der Waals surface area contributed by atoms with Crippen molar-refractivity contribution in [3.05, 3.63) is 17.7 Å². The second-order valence-corrected chi connectivity index (χ2v) is 4.89. The molecule has 0 bridgehead atoms. The lowest BCUT2D eigenvalue weighted by atomic mass is 10.1. The van der Waals surface area contributed by atoms with Gasteiger partial charge in [0.05, 0.1) is 18.4 Å². The summed E-state index contributed by atoms with van der Waals surface area (Å²) in [5, 5.41) is 8.42. The molecule has 0 radical (unpaired) electrons. The molecular formula is C13H18N4O2. The molecule has 2 aromatic heterocycles. The van der Waals surface area contributed by atoms with Gasteiger partial charge in [0.15, 0.2) is 5.82 Å². The Morgan fingerprint density at radius 3 is 3.11 bits per heavy atom. The first kappa shape index (κ1) is 12.3. The average Bonchev–Trinajstić information content (AvgIpc) is 3.10.